The van der Waals surface area contributed by atoms with Crippen molar-refractivity contribution in [1.82, 2.24) is 5.32 Å². The summed E-state index contributed by atoms with van der Waals surface area (Å²) in [5.41, 5.74) is -0.129. The number of hydrogen-bond acceptors (Lipinski definition) is 1. The molecule has 0 spiro atoms. The molecule has 2 rings (SSSR count). The van der Waals surface area contributed by atoms with Crippen LogP contribution in [0.15, 0.2) is 34.8 Å². The molecule has 1 unspecified atom stereocenters. The predicted molar refractivity (Wildman–Crippen MR) is 76.4 cm³/mol. The van der Waals surface area contributed by atoms with E-state index < -0.39 is 23.5 Å². The van der Waals surface area contributed by atoms with Gasteiger partial charge in [-0.15, -0.1) is 0 Å². The van der Waals surface area contributed by atoms with Crippen molar-refractivity contribution in [1.29, 1.82) is 0 Å². The van der Waals surface area contributed by atoms with Crippen molar-refractivity contribution in [2.45, 2.75) is 6.04 Å². The molecular weight excluding hydrogens is 355 g/mol. The molecule has 0 saturated carbocycles. The van der Waals surface area contributed by atoms with Crippen LogP contribution in [0.5, 0.6) is 0 Å². The Morgan fingerprint density at radius 2 is 1.80 bits per heavy atom. The van der Waals surface area contributed by atoms with Crippen molar-refractivity contribution in [2.75, 3.05) is 7.05 Å². The standard InChI is InChI=1S/C14H10BrClF3N/c1-20-14(8-3-2-7(16)6-11(8)18)12-10(17)5-4-9(15)13(12)19/h2-6,14,20H,1H3. The molecule has 0 aliphatic carbocycles. The summed E-state index contributed by atoms with van der Waals surface area (Å²) >= 11 is 8.68. The Balaban J connectivity index is 2.61. The van der Waals surface area contributed by atoms with E-state index in [0.717, 1.165) is 12.1 Å². The van der Waals surface area contributed by atoms with Crippen LogP contribution in [0.25, 0.3) is 0 Å². The van der Waals surface area contributed by atoms with Crippen LogP contribution in [0.1, 0.15) is 17.2 Å². The van der Waals surface area contributed by atoms with Crippen LogP contribution in [0.3, 0.4) is 0 Å². The highest BCUT2D eigenvalue weighted by atomic mass is 79.9. The first-order valence-corrected chi connectivity index (χ1v) is 6.88. The average molecular weight is 365 g/mol. The minimum Gasteiger partial charge on any atom is -0.309 e. The van der Waals surface area contributed by atoms with Gasteiger partial charge >= 0.3 is 0 Å². The van der Waals surface area contributed by atoms with Gasteiger partial charge in [0.1, 0.15) is 17.5 Å². The molecule has 0 heterocycles. The third-order valence-corrected chi connectivity index (χ3v) is 3.78. The monoisotopic (exact) mass is 363 g/mol. The quantitative estimate of drug-likeness (QED) is 0.769. The summed E-state index contributed by atoms with van der Waals surface area (Å²) in [4.78, 5) is 0. The van der Waals surface area contributed by atoms with Crippen LogP contribution in [0, 0.1) is 17.5 Å². The number of halogens is 5. The average Bonchev–Trinajstić information content (AvgIpc) is 2.40. The van der Waals surface area contributed by atoms with Gasteiger partial charge in [-0.05, 0) is 47.2 Å². The molecule has 1 N–H and O–H groups in total. The lowest BCUT2D eigenvalue weighted by Crippen LogP contribution is -2.21. The zero-order valence-corrected chi connectivity index (χ0v) is 12.7. The maximum Gasteiger partial charge on any atom is 0.145 e. The third kappa shape index (κ3) is 2.85. The molecule has 0 amide bonds. The SMILES string of the molecule is CNC(c1ccc(Cl)cc1F)c1c(F)ccc(Br)c1F. The van der Waals surface area contributed by atoms with Gasteiger partial charge in [-0.3, -0.25) is 0 Å². The van der Waals surface area contributed by atoms with E-state index in [1.54, 1.807) is 0 Å². The van der Waals surface area contributed by atoms with Gasteiger partial charge in [0.05, 0.1) is 10.5 Å². The summed E-state index contributed by atoms with van der Waals surface area (Å²) in [6.07, 6.45) is 0. The summed E-state index contributed by atoms with van der Waals surface area (Å²) in [5.74, 6) is -2.14. The fourth-order valence-electron chi connectivity index (χ4n) is 2.00. The highest BCUT2D eigenvalue weighted by molar-refractivity contribution is 9.10. The van der Waals surface area contributed by atoms with E-state index in [-0.39, 0.29) is 20.6 Å². The molecule has 0 saturated heterocycles. The molecule has 1 nitrogen and oxygen atoms in total. The minimum absolute atomic E-state index is 0.114. The fraction of sp³-hybridized carbons (Fsp3) is 0.143. The van der Waals surface area contributed by atoms with E-state index in [4.69, 9.17) is 11.6 Å². The van der Waals surface area contributed by atoms with Crippen LogP contribution in [0.2, 0.25) is 5.02 Å². The van der Waals surface area contributed by atoms with Crippen molar-refractivity contribution in [3.8, 4) is 0 Å². The van der Waals surface area contributed by atoms with Crippen molar-refractivity contribution in [2.24, 2.45) is 0 Å². The van der Waals surface area contributed by atoms with Crippen molar-refractivity contribution in [3.63, 3.8) is 0 Å². The summed E-state index contributed by atoms with van der Waals surface area (Å²) in [6, 6.07) is 5.41. The lowest BCUT2D eigenvalue weighted by molar-refractivity contribution is 0.505. The van der Waals surface area contributed by atoms with Crippen LogP contribution in [0.4, 0.5) is 13.2 Å². The molecule has 0 radical (unpaired) electrons. The molecular formula is C14H10BrClF3N. The van der Waals surface area contributed by atoms with E-state index in [0.29, 0.717) is 0 Å². The first-order chi connectivity index (χ1) is 9.45. The number of benzene rings is 2. The van der Waals surface area contributed by atoms with Gasteiger partial charge in [0, 0.05) is 16.1 Å². The Kier molecular flexibility index (Phi) is 4.73. The summed E-state index contributed by atoms with van der Waals surface area (Å²) < 4.78 is 42.1. The maximum absolute atomic E-state index is 14.1. The van der Waals surface area contributed by atoms with Gasteiger partial charge in [0.15, 0.2) is 0 Å². The van der Waals surface area contributed by atoms with E-state index in [9.17, 15) is 13.2 Å². The lowest BCUT2D eigenvalue weighted by Gasteiger charge is -2.20. The first-order valence-electron chi connectivity index (χ1n) is 5.71. The molecule has 0 aliphatic heterocycles. The second-order valence-corrected chi connectivity index (χ2v) is 5.44. The number of hydrogen-bond donors (Lipinski definition) is 1. The number of rotatable bonds is 3. The van der Waals surface area contributed by atoms with Gasteiger partial charge in [-0.25, -0.2) is 13.2 Å². The predicted octanol–water partition coefficient (Wildman–Crippen LogP) is 4.83. The third-order valence-electron chi connectivity index (χ3n) is 2.93. The normalized spacial score (nSPS) is 12.5. The first kappa shape index (κ1) is 15.4. The molecule has 0 aliphatic rings. The second kappa shape index (κ2) is 6.16. The van der Waals surface area contributed by atoms with Crippen molar-refractivity contribution < 1.29 is 13.2 Å². The molecule has 0 aromatic heterocycles. The zero-order chi connectivity index (χ0) is 14.9. The van der Waals surface area contributed by atoms with Crippen LogP contribution < -0.4 is 5.32 Å². The van der Waals surface area contributed by atoms with Crippen LogP contribution >= 0.6 is 27.5 Å². The highest BCUT2D eigenvalue weighted by Gasteiger charge is 2.24. The van der Waals surface area contributed by atoms with E-state index >= 15 is 0 Å². The van der Waals surface area contributed by atoms with E-state index in [2.05, 4.69) is 21.2 Å². The highest BCUT2D eigenvalue weighted by Crippen LogP contribution is 2.32. The molecule has 1 atom stereocenters. The molecule has 6 heteroatoms. The van der Waals surface area contributed by atoms with E-state index in [1.165, 1.54) is 25.2 Å². The van der Waals surface area contributed by atoms with E-state index in [1.807, 2.05) is 0 Å². The summed E-state index contributed by atoms with van der Waals surface area (Å²) in [7, 11) is 1.50. The van der Waals surface area contributed by atoms with Gasteiger partial charge in [-0.2, -0.15) is 0 Å². The molecule has 106 valence electrons. The lowest BCUT2D eigenvalue weighted by atomic mass is 9.97. The summed E-state index contributed by atoms with van der Waals surface area (Å²) in [6.45, 7) is 0. The van der Waals surface area contributed by atoms with Crippen LogP contribution in [-0.4, -0.2) is 7.05 Å². The van der Waals surface area contributed by atoms with Crippen LogP contribution in [-0.2, 0) is 0 Å². The van der Waals surface area contributed by atoms with Gasteiger partial charge in [0.2, 0.25) is 0 Å². The van der Waals surface area contributed by atoms with Crippen molar-refractivity contribution in [3.05, 3.63) is 68.4 Å². The number of nitrogens with one attached hydrogen (secondary N) is 1. The van der Waals surface area contributed by atoms with Crippen molar-refractivity contribution >= 4 is 27.5 Å². The molecule has 20 heavy (non-hydrogen) atoms. The fourth-order valence-corrected chi connectivity index (χ4v) is 2.50. The summed E-state index contributed by atoms with van der Waals surface area (Å²) in [5, 5.41) is 2.94. The zero-order valence-electron chi connectivity index (χ0n) is 10.4. The molecule has 2 aromatic rings. The second-order valence-electron chi connectivity index (χ2n) is 4.14. The van der Waals surface area contributed by atoms with Gasteiger partial charge < -0.3 is 5.32 Å². The van der Waals surface area contributed by atoms with Gasteiger partial charge in [0.25, 0.3) is 0 Å². The Hall–Kier alpha value is -1.04. The maximum atomic E-state index is 14.1. The Labute approximate surface area is 127 Å². The minimum atomic E-state index is -0.954. The molecule has 0 fully saturated rings. The molecule has 2 aromatic carbocycles. The molecule has 0 bridgehead atoms. The topological polar surface area (TPSA) is 12.0 Å². The smallest absolute Gasteiger partial charge is 0.145 e. The Morgan fingerprint density at radius 3 is 2.40 bits per heavy atom. The Morgan fingerprint density at radius 1 is 1.10 bits per heavy atom. The Bertz CT molecular complexity index is 649. The van der Waals surface area contributed by atoms with Gasteiger partial charge in [-0.1, -0.05) is 17.7 Å². The largest absolute Gasteiger partial charge is 0.309 e.